The average molecular weight is 286 g/mol. The van der Waals surface area contributed by atoms with Gasteiger partial charge in [-0.1, -0.05) is 5.16 Å². The molecule has 1 saturated heterocycles. The van der Waals surface area contributed by atoms with Gasteiger partial charge < -0.3 is 9.63 Å². The van der Waals surface area contributed by atoms with Crippen LogP contribution in [0.25, 0.3) is 11.4 Å². The highest BCUT2D eigenvalue weighted by molar-refractivity contribution is 5.52. The van der Waals surface area contributed by atoms with Gasteiger partial charge in [-0.05, 0) is 37.3 Å². The van der Waals surface area contributed by atoms with E-state index in [2.05, 4.69) is 20.0 Å². The first kappa shape index (κ1) is 12.9. The van der Waals surface area contributed by atoms with E-state index in [4.69, 9.17) is 4.52 Å². The van der Waals surface area contributed by atoms with Crippen molar-refractivity contribution in [1.29, 1.82) is 0 Å². The molecule has 1 N–H and O–H groups in total. The molecule has 0 spiro atoms. The zero-order valence-corrected chi connectivity index (χ0v) is 11.7. The largest absolute Gasteiger partial charge is 0.392 e. The first-order valence-electron chi connectivity index (χ1n) is 7.45. The van der Waals surface area contributed by atoms with Crippen molar-refractivity contribution < 1.29 is 9.63 Å². The van der Waals surface area contributed by atoms with Crippen molar-refractivity contribution in [3.05, 3.63) is 30.4 Å². The summed E-state index contributed by atoms with van der Waals surface area (Å²) in [5.74, 6) is 1.97. The zero-order valence-electron chi connectivity index (χ0n) is 11.7. The molecule has 1 aliphatic carbocycles. The number of hydrogen-bond donors (Lipinski definition) is 1. The minimum Gasteiger partial charge on any atom is -0.392 e. The number of β-amino-alcohol motifs (C(OH)–C–C–N with tert-alkyl or cyclic N) is 1. The fourth-order valence-electron chi connectivity index (χ4n) is 2.96. The van der Waals surface area contributed by atoms with Crippen LogP contribution < -0.4 is 0 Å². The van der Waals surface area contributed by atoms with Crippen LogP contribution in [0.15, 0.2) is 29.0 Å². The van der Waals surface area contributed by atoms with Gasteiger partial charge in [0.05, 0.1) is 12.1 Å². The Kier molecular flexibility index (Phi) is 3.20. The van der Waals surface area contributed by atoms with E-state index in [0.717, 1.165) is 18.0 Å². The van der Waals surface area contributed by atoms with Crippen molar-refractivity contribution in [3.8, 4) is 11.4 Å². The minimum atomic E-state index is -0.301. The van der Waals surface area contributed by atoms with Crippen LogP contribution in [0.5, 0.6) is 0 Å². The molecule has 0 radical (unpaired) electrons. The van der Waals surface area contributed by atoms with E-state index in [9.17, 15) is 5.11 Å². The first-order valence-corrected chi connectivity index (χ1v) is 7.45. The molecule has 2 aromatic rings. The third-order valence-corrected chi connectivity index (χ3v) is 4.24. The molecule has 21 heavy (non-hydrogen) atoms. The standard InChI is InChI=1S/C15H18N4O2/c20-12-7-13(19(9-12)8-10-1-2-10)15-17-14(18-21-15)11-3-5-16-6-4-11/h3-6,10,12-13,20H,1-2,7-9H2/t12-,13+/m1/s1. The Balaban J connectivity index is 1.56. The molecule has 2 aliphatic rings. The molecule has 6 nitrogen and oxygen atoms in total. The summed E-state index contributed by atoms with van der Waals surface area (Å²) < 4.78 is 5.45. The lowest BCUT2D eigenvalue weighted by Crippen LogP contribution is -2.27. The number of pyridine rings is 1. The Morgan fingerprint density at radius 3 is 2.86 bits per heavy atom. The highest BCUT2D eigenvalue weighted by Crippen LogP contribution is 2.37. The van der Waals surface area contributed by atoms with Crippen molar-refractivity contribution >= 4 is 0 Å². The fourth-order valence-corrected chi connectivity index (χ4v) is 2.96. The molecule has 110 valence electrons. The average Bonchev–Trinajstić information content (AvgIpc) is 3.05. The number of rotatable bonds is 4. The number of likely N-dealkylation sites (tertiary alicyclic amines) is 1. The Morgan fingerprint density at radius 1 is 1.29 bits per heavy atom. The molecule has 3 heterocycles. The van der Waals surface area contributed by atoms with Crippen LogP contribution in [0.1, 0.15) is 31.2 Å². The molecule has 2 aromatic heterocycles. The highest BCUT2D eigenvalue weighted by Gasteiger charge is 2.38. The monoisotopic (exact) mass is 286 g/mol. The topological polar surface area (TPSA) is 75.3 Å². The van der Waals surface area contributed by atoms with Gasteiger partial charge in [0.2, 0.25) is 11.7 Å². The van der Waals surface area contributed by atoms with Crippen LogP contribution in [0.4, 0.5) is 0 Å². The van der Waals surface area contributed by atoms with Crippen LogP contribution in [0.3, 0.4) is 0 Å². The summed E-state index contributed by atoms with van der Waals surface area (Å²) in [6.45, 7) is 1.73. The van der Waals surface area contributed by atoms with Crippen molar-refractivity contribution in [2.24, 2.45) is 5.92 Å². The van der Waals surface area contributed by atoms with Gasteiger partial charge in [0.25, 0.3) is 0 Å². The normalized spacial score (nSPS) is 26.3. The lowest BCUT2D eigenvalue weighted by atomic mass is 10.2. The Hall–Kier alpha value is -1.79. The molecular formula is C15H18N4O2. The number of aliphatic hydroxyl groups excluding tert-OH is 1. The summed E-state index contributed by atoms with van der Waals surface area (Å²) in [6, 6.07) is 3.77. The molecule has 0 amide bonds. The minimum absolute atomic E-state index is 0.0451. The van der Waals surface area contributed by atoms with Crippen LogP contribution in [0, 0.1) is 5.92 Å². The molecule has 1 saturated carbocycles. The summed E-state index contributed by atoms with van der Waals surface area (Å²) in [5.41, 5.74) is 0.896. The summed E-state index contributed by atoms with van der Waals surface area (Å²) in [5, 5.41) is 14.0. The van der Waals surface area contributed by atoms with Crippen LogP contribution >= 0.6 is 0 Å². The maximum Gasteiger partial charge on any atom is 0.244 e. The third-order valence-electron chi connectivity index (χ3n) is 4.24. The Morgan fingerprint density at radius 2 is 2.10 bits per heavy atom. The Labute approximate surface area is 122 Å². The van der Waals surface area contributed by atoms with Gasteiger partial charge in [-0.3, -0.25) is 9.88 Å². The molecule has 2 atom stereocenters. The number of aliphatic hydroxyl groups is 1. The maximum atomic E-state index is 9.95. The second kappa shape index (κ2) is 5.20. The second-order valence-electron chi connectivity index (χ2n) is 5.99. The fraction of sp³-hybridized carbons (Fsp3) is 0.533. The van der Waals surface area contributed by atoms with E-state index in [1.165, 1.54) is 12.8 Å². The molecule has 1 aliphatic heterocycles. The van der Waals surface area contributed by atoms with Crippen molar-refractivity contribution in [1.82, 2.24) is 20.0 Å². The molecular weight excluding hydrogens is 268 g/mol. The molecule has 0 bridgehead atoms. The summed E-state index contributed by atoms with van der Waals surface area (Å²) in [6.07, 6.45) is 6.39. The second-order valence-corrected chi connectivity index (χ2v) is 5.99. The van der Waals surface area contributed by atoms with Gasteiger partial charge in [-0.2, -0.15) is 4.98 Å². The van der Waals surface area contributed by atoms with E-state index in [1.54, 1.807) is 12.4 Å². The van der Waals surface area contributed by atoms with E-state index >= 15 is 0 Å². The van der Waals surface area contributed by atoms with Gasteiger partial charge in [-0.25, -0.2) is 0 Å². The molecule has 0 unspecified atom stereocenters. The van der Waals surface area contributed by atoms with Crippen molar-refractivity contribution in [2.75, 3.05) is 13.1 Å². The first-order chi connectivity index (χ1) is 10.3. The smallest absolute Gasteiger partial charge is 0.244 e. The predicted molar refractivity (Wildman–Crippen MR) is 75.2 cm³/mol. The van der Waals surface area contributed by atoms with E-state index < -0.39 is 0 Å². The number of nitrogens with zero attached hydrogens (tertiary/aromatic N) is 4. The quantitative estimate of drug-likeness (QED) is 0.921. The SMILES string of the molecule is O[C@@H]1C[C@@H](c2nc(-c3ccncc3)no2)N(CC2CC2)C1. The van der Waals surface area contributed by atoms with E-state index in [-0.39, 0.29) is 12.1 Å². The lowest BCUT2D eigenvalue weighted by Gasteiger charge is -2.20. The molecule has 2 fully saturated rings. The van der Waals surface area contributed by atoms with Crippen LogP contribution in [0.2, 0.25) is 0 Å². The van der Waals surface area contributed by atoms with Gasteiger partial charge in [0, 0.05) is 31.0 Å². The Bertz CT molecular complexity index is 611. The van der Waals surface area contributed by atoms with Crippen molar-refractivity contribution in [3.63, 3.8) is 0 Å². The molecule has 6 heteroatoms. The van der Waals surface area contributed by atoms with Crippen molar-refractivity contribution in [2.45, 2.75) is 31.4 Å². The molecule has 0 aromatic carbocycles. The van der Waals surface area contributed by atoms with Crippen LogP contribution in [-0.4, -0.2) is 44.3 Å². The van der Waals surface area contributed by atoms with Gasteiger partial charge in [0.1, 0.15) is 0 Å². The van der Waals surface area contributed by atoms with Gasteiger partial charge in [0.15, 0.2) is 0 Å². The summed E-state index contributed by atoms with van der Waals surface area (Å²) >= 11 is 0. The summed E-state index contributed by atoms with van der Waals surface area (Å²) in [4.78, 5) is 10.8. The predicted octanol–water partition coefficient (Wildman–Crippen LogP) is 1.65. The highest BCUT2D eigenvalue weighted by atomic mass is 16.5. The number of aromatic nitrogens is 3. The van der Waals surface area contributed by atoms with Gasteiger partial charge >= 0.3 is 0 Å². The van der Waals surface area contributed by atoms with E-state index in [0.29, 0.717) is 24.7 Å². The third kappa shape index (κ3) is 2.69. The number of hydrogen-bond acceptors (Lipinski definition) is 6. The summed E-state index contributed by atoms with van der Waals surface area (Å²) in [7, 11) is 0. The molecule has 4 rings (SSSR count). The lowest BCUT2D eigenvalue weighted by molar-refractivity contribution is 0.170. The van der Waals surface area contributed by atoms with Crippen LogP contribution in [-0.2, 0) is 0 Å². The van der Waals surface area contributed by atoms with Gasteiger partial charge in [-0.15, -0.1) is 0 Å². The zero-order chi connectivity index (χ0) is 14.2. The maximum absolute atomic E-state index is 9.95. The van der Waals surface area contributed by atoms with E-state index in [1.807, 2.05) is 12.1 Å².